The molecule has 0 atom stereocenters. The molecule has 0 amide bonds. The number of halogens is 1. The fourth-order valence-corrected chi connectivity index (χ4v) is 1.18. The molecule has 0 radical (unpaired) electrons. The van der Waals surface area contributed by atoms with Gasteiger partial charge in [0.15, 0.2) is 0 Å². The molecular formula is C11H18ClNO2. The first kappa shape index (κ1) is 14.2. The Hall–Kier alpha value is -0.770. The van der Waals surface area contributed by atoms with E-state index in [2.05, 4.69) is 5.32 Å². The van der Waals surface area contributed by atoms with E-state index in [1.165, 1.54) is 5.56 Å². The number of aliphatic hydroxyl groups is 1. The second-order valence-electron chi connectivity index (χ2n) is 3.10. The maximum absolute atomic E-state index is 8.58. The molecule has 0 bridgehead atoms. The first-order valence-electron chi connectivity index (χ1n) is 4.81. The number of aliphatic hydroxyl groups excluding tert-OH is 1. The van der Waals surface area contributed by atoms with Crippen LogP contribution in [0.4, 0.5) is 0 Å². The van der Waals surface area contributed by atoms with E-state index in [9.17, 15) is 0 Å². The summed E-state index contributed by atoms with van der Waals surface area (Å²) in [5.41, 5.74) is 1.23. The summed E-state index contributed by atoms with van der Waals surface area (Å²) in [6, 6.07) is 7.96. The van der Waals surface area contributed by atoms with Gasteiger partial charge in [0.2, 0.25) is 0 Å². The topological polar surface area (TPSA) is 41.5 Å². The van der Waals surface area contributed by atoms with Crippen LogP contribution in [-0.2, 0) is 6.54 Å². The quantitative estimate of drug-likeness (QED) is 0.731. The lowest BCUT2D eigenvalue weighted by molar-refractivity contribution is 0.286. The van der Waals surface area contributed by atoms with E-state index < -0.39 is 0 Å². The monoisotopic (exact) mass is 231 g/mol. The summed E-state index contributed by atoms with van der Waals surface area (Å²) in [6.07, 6.45) is 0.802. The molecule has 0 aliphatic heterocycles. The minimum Gasteiger partial charge on any atom is -0.497 e. The summed E-state index contributed by atoms with van der Waals surface area (Å²) < 4.78 is 5.06. The molecule has 86 valence electrons. The molecule has 4 heteroatoms. The van der Waals surface area contributed by atoms with Gasteiger partial charge in [0.1, 0.15) is 5.75 Å². The molecule has 0 saturated carbocycles. The van der Waals surface area contributed by atoms with Crippen molar-refractivity contribution in [3.63, 3.8) is 0 Å². The predicted octanol–water partition coefficient (Wildman–Crippen LogP) is 1.59. The third-order valence-electron chi connectivity index (χ3n) is 2.00. The molecule has 3 nitrogen and oxygen atoms in total. The molecule has 15 heavy (non-hydrogen) atoms. The van der Waals surface area contributed by atoms with Gasteiger partial charge < -0.3 is 15.2 Å². The Kier molecular flexibility index (Phi) is 8.09. The molecule has 0 spiro atoms. The van der Waals surface area contributed by atoms with E-state index in [4.69, 9.17) is 9.84 Å². The van der Waals surface area contributed by atoms with E-state index in [1.54, 1.807) is 7.11 Å². The fraction of sp³-hybridized carbons (Fsp3) is 0.455. The first-order chi connectivity index (χ1) is 6.86. The van der Waals surface area contributed by atoms with Gasteiger partial charge in [-0.3, -0.25) is 0 Å². The number of hydrogen-bond donors (Lipinski definition) is 2. The summed E-state index contributed by atoms with van der Waals surface area (Å²) in [4.78, 5) is 0. The van der Waals surface area contributed by atoms with Crippen molar-refractivity contribution in [1.82, 2.24) is 5.32 Å². The summed E-state index contributed by atoms with van der Waals surface area (Å²) in [5, 5.41) is 11.8. The summed E-state index contributed by atoms with van der Waals surface area (Å²) >= 11 is 0. The third-order valence-corrected chi connectivity index (χ3v) is 2.00. The van der Waals surface area contributed by atoms with Crippen LogP contribution in [0, 0.1) is 0 Å². The molecule has 0 aromatic heterocycles. The standard InChI is InChI=1S/C11H17NO2.ClH/c1-14-11-5-3-10(4-6-11)9-12-7-2-8-13;/h3-6,12-13H,2,7-9H2,1H3;1H. The van der Waals surface area contributed by atoms with Gasteiger partial charge in [0.25, 0.3) is 0 Å². The molecule has 0 fully saturated rings. The van der Waals surface area contributed by atoms with E-state index in [-0.39, 0.29) is 19.0 Å². The molecule has 0 saturated heterocycles. The van der Waals surface area contributed by atoms with Crippen molar-refractivity contribution < 1.29 is 9.84 Å². The number of rotatable bonds is 6. The number of hydrogen-bond acceptors (Lipinski definition) is 3. The second kappa shape index (κ2) is 8.53. The van der Waals surface area contributed by atoms with E-state index >= 15 is 0 Å². The molecule has 2 N–H and O–H groups in total. The summed E-state index contributed by atoms with van der Waals surface area (Å²) in [5.74, 6) is 0.879. The maximum Gasteiger partial charge on any atom is 0.118 e. The van der Waals surface area contributed by atoms with Crippen LogP contribution >= 0.6 is 12.4 Å². The largest absolute Gasteiger partial charge is 0.497 e. The van der Waals surface area contributed by atoms with Crippen LogP contribution in [0.25, 0.3) is 0 Å². The van der Waals surface area contributed by atoms with Gasteiger partial charge in [0.05, 0.1) is 7.11 Å². The number of ether oxygens (including phenoxy) is 1. The molecule has 0 aliphatic carbocycles. The zero-order valence-corrected chi connectivity index (χ0v) is 9.72. The van der Waals surface area contributed by atoms with Gasteiger partial charge in [0, 0.05) is 13.2 Å². The van der Waals surface area contributed by atoms with Crippen molar-refractivity contribution in [1.29, 1.82) is 0 Å². The van der Waals surface area contributed by atoms with Crippen molar-refractivity contribution in [2.45, 2.75) is 13.0 Å². The molecule has 0 heterocycles. The third kappa shape index (κ3) is 5.62. The Labute approximate surface area is 96.9 Å². The zero-order valence-electron chi connectivity index (χ0n) is 8.90. The van der Waals surface area contributed by atoms with E-state index in [0.29, 0.717) is 0 Å². The number of benzene rings is 1. The highest BCUT2D eigenvalue weighted by Gasteiger charge is 1.93. The number of nitrogens with one attached hydrogen (secondary N) is 1. The predicted molar refractivity (Wildman–Crippen MR) is 63.7 cm³/mol. The lowest BCUT2D eigenvalue weighted by Gasteiger charge is -2.04. The van der Waals surface area contributed by atoms with Gasteiger partial charge in [-0.05, 0) is 30.7 Å². The lowest BCUT2D eigenvalue weighted by atomic mass is 10.2. The van der Waals surface area contributed by atoms with Crippen molar-refractivity contribution in [2.75, 3.05) is 20.3 Å². The summed E-state index contributed by atoms with van der Waals surface area (Å²) in [6.45, 7) is 1.93. The Balaban J connectivity index is 0.00000196. The van der Waals surface area contributed by atoms with Crippen LogP contribution in [0.2, 0.25) is 0 Å². The second-order valence-corrected chi connectivity index (χ2v) is 3.10. The highest BCUT2D eigenvalue weighted by Crippen LogP contribution is 2.10. The van der Waals surface area contributed by atoms with Crippen molar-refractivity contribution in [3.8, 4) is 5.75 Å². The molecule has 1 aromatic rings. The minimum atomic E-state index is 0. The van der Waals surface area contributed by atoms with Crippen LogP contribution in [0.3, 0.4) is 0 Å². The van der Waals surface area contributed by atoms with Crippen molar-refractivity contribution in [3.05, 3.63) is 29.8 Å². The Morgan fingerprint density at radius 3 is 2.47 bits per heavy atom. The lowest BCUT2D eigenvalue weighted by Crippen LogP contribution is -2.15. The van der Waals surface area contributed by atoms with Crippen LogP contribution in [0.5, 0.6) is 5.75 Å². The van der Waals surface area contributed by atoms with Crippen LogP contribution in [0.1, 0.15) is 12.0 Å². The van der Waals surface area contributed by atoms with Gasteiger partial charge in [-0.1, -0.05) is 12.1 Å². The molecule has 1 aromatic carbocycles. The van der Waals surface area contributed by atoms with Crippen molar-refractivity contribution in [2.24, 2.45) is 0 Å². The normalized spacial score (nSPS) is 9.47. The molecule has 0 unspecified atom stereocenters. The average Bonchev–Trinajstić information content (AvgIpc) is 2.25. The Morgan fingerprint density at radius 1 is 1.27 bits per heavy atom. The van der Waals surface area contributed by atoms with Crippen LogP contribution < -0.4 is 10.1 Å². The fourth-order valence-electron chi connectivity index (χ4n) is 1.18. The molecular weight excluding hydrogens is 214 g/mol. The van der Waals surface area contributed by atoms with E-state index in [0.717, 1.165) is 25.3 Å². The Bertz CT molecular complexity index is 251. The van der Waals surface area contributed by atoms with Crippen LogP contribution in [0.15, 0.2) is 24.3 Å². The van der Waals surface area contributed by atoms with Gasteiger partial charge >= 0.3 is 0 Å². The van der Waals surface area contributed by atoms with Crippen molar-refractivity contribution >= 4 is 12.4 Å². The SMILES string of the molecule is COc1ccc(CNCCCO)cc1.Cl. The van der Waals surface area contributed by atoms with Gasteiger partial charge in [-0.15, -0.1) is 12.4 Å². The Morgan fingerprint density at radius 2 is 1.93 bits per heavy atom. The minimum absolute atomic E-state index is 0. The number of methoxy groups -OCH3 is 1. The molecule has 1 rings (SSSR count). The smallest absolute Gasteiger partial charge is 0.118 e. The first-order valence-corrected chi connectivity index (χ1v) is 4.81. The van der Waals surface area contributed by atoms with E-state index in [1.807, 2.05) is 24.3 Å². The van der Waals surface area contributed by atoms with Gasteiger partial charge in [-0.2, -0.15) is 0 Å². The van der Waals surface area contributed by atoms with Gasteiger partial charge in [-0.25, -0.2) is 0 Å². The summed E-state index contributed by atoms with van der Waals surface area (Å²) in [7, 11) is 1.66. The molecule has 0 aliphatic rings. The highest BCUT2D eigenvalue weighted by atomic mass is 35.5. The van der Waals surface area contributed by atoms with Crippen LogP contribution in [-0.4, -0.2) is 25.4 Å². The zero-order chi connectivity index (χ0) is 10.2. The average molecular weight is 232 g/mol. The highest BCUT2D eigenvalue weighted by molar-refractivity contribution is 5.85. The maximum atomic E-state index is 8.58.